The second-order valence-electron chi connectivity index (χ2n) is 4.34. The number of fused-ring (bicyclic) bond motifs is 1. The molecule has 2 saturated heterocycles. The van der Waals surface area contributed by atoms with Crippen LogP contribution in [0.2, 0.25) is 0 Å². The number of amides is 2. The van der Waals surface area contributed by atoms with E-state index in [9.17, 15) is 9.59 Å². The summed E-state index contributed by atoms with van der Waals surface area (Å²) in [6, 6.07) is -0.207. The molecule has 96 valence electrons. The van der Waals surface area contributed by atoms with Gasteiger partial charge in [-0.25, -0.2) is 0 Å². The molecule has 0 aromatic carbocycles. The molecule has 0 spiro atoms. The second kappa shape index (κ2) is 5.73. The molecule has 5 nitrogen and oxygen atoms in total. The molecule has 0 aliphatic carbocycles. The summed E-state index contributed by atoms with van der Waals surface area (Å²) in [7, 11) is 0. The van der Waals surface area contributed by atoms with E-state index in [0.29, 0.717) is 25.5 Å². The summed E-state index contributed by atoms with van der Waals surface area (Å²) in [5.74, 6) is 0.821. The van der Waals surface area contributed by atoms with E-state index in [1.54, 1.807) is 9.80 Å². The van der Waals surface area contributed by atoms with Gasteiger partial charge in [0.15, 0.2) is 0 Å². The van der Waals surface area contributed by atoms with E-state index in [1.807, 2.05) is 0 Å². The van der Waals surface area contributed by atoms with Crippen molar-refractivity contribution in [2.45, 2.75) is 18.9 Å². The molecule has 2 fully saturated rings. The Morgan fingerprint density at radius 3 is 2.94 bits per heavy atom. The van der Waals surface area contributed by atoms with Gasteiger partial charge in [-0.15, -0.1) is 0 Å². The molecule has 2 heterocycles. The summed E-state index contributed by atoms with van der Waals surface area (Å²) < 4.78 is 5.29. The first-order chi connectivity index (χ1) is 8.24. The fraction of sp³-hybridized carbons (Fsp3) is 0.818. The van der Waals surface area contributed by atoms with Gasteiger partial charge >= 0.3 is 0 Å². The first kappa shape index (κ1) is 12.7. The van der Waals surface area contributed by atoms with Gasteiger partial charge in [-0.3, -0.25) is 9.59 Å². The molecule has 0 aromatic rings. The Labute approximate surface area is 106 Å². The third kappa shape index (κ3) is 2.74. The Balaban J connectivity index is 1.86. The van der Waals surface area contributed by atoms with Crippen LogP contribution in [0.4, 0.5) is 0 Å². The zero-order chi connectivity index (χ0) is 12.3. The molecule has 0 radical (unpaired) electrons. The van der Waals surface area contributed by atoms with E-state index in [-0.39, 0.29) is 24.4 Å². The van der Waals surface area contributed by atoms with Gasteiger partial charge in [-0.05, 0) is 12.8 Å². The summed E-state index contributed by atoms with van der Waals surface area (Å²) in [6.07, 6.45) is 1.74. The highest BCUT2D eigenvalue weighted by Crippen LogP contribution is 2.23. The molecule has 0 aromatic heterocycles. The molecule has 0 saturated carbocycles. The highest BCUT2D eigenvalue weighted by atomic mass is 32.1. The average Bonchev–Trinajstić information content (AvgIpc) is 2.80. The minimum atomic E-state index is -0.207. The van der Waals surface area contributed by atoms with Gasteiger partial charge < -0.3 is 14.5 Å². The number of hydrogen-bond acceptors (Lipinski definition) is 4. The first-order valence-corrected chi connectivity index (χ1v) is 6.64. The fourth-order valence-electron chi connectivity index (χ4n) is 2.40. The van der Waals surface area contributed by atoms with Crippen molar-refractivity contribution in [3.8, 4) is 0 Å². The molecule has 6 heteroatoms. The third-order valence-electron chi connectivity index (χ3n) is 3.24. The second-order valence-corrected chi connectivity index (χ2v) is 4.79. The van der Waals surface area contributed by atoms with Crippen molar-refractivity contribution in [1.82, 2.24) is 9.80 Å². The van der Waals surface area contributed by atoms with Gasteiger partial charge in [0.2, 0.25) is 11.8 Å². The molecule has 2 amide bonds. The standard InChI is InChI=1S/C11H18N2O3S/c14-10-8-12(4-5-16-6-7-17)11(15)9-2-1-3-13(9)10/h9,17H,1-8H2. The number of piperazine rings is 1. The molecular formula is C11H18N2O3S. The van der Waals surface area contributed by atoms with Gasteiger partial charge in [0.25, 0.3) is 0 Å². The van der Waals surface area contributed by atoms with E-state index < -0.39 is 0 Å². The van der Waals surface area contributed by atoms with Crippen LogP contribution in [0.25, 0.3) is 0 Å². The lowest BCUT2D eigenvalue weighted by molar-refractivity contribution is -0.154. The monoisotopic (exact) mass is 258 g/mol. The van der Waals surface area contributed by atoms with Crippen LogP contribution in [0.3, 0.4) is 0 Å². The van der Waals surface area contributed by atoms with Crippen LogP contribution in [0.15, 0.2) is 0 Å². The number of carbonyl (C=O) groups is 2. The van der Waals surface area contributed by atoms with Crippen LogP contribution in [-0.2, 0) is 14.3 Å². The summed E-state index contributed by atoms with van der Waals surface area (Å²) >= 11 is 4.04. The Hall–Kier alpha value is -0.750. The van der Waals surface area contributed by atoms with Gasteiger partial charge in [0.05, 0.1) is 19.8 Å². The topological polar surface area (TPSA) is 49.9 Å². The molecule has 2 aliphatic heterocycles. The number of ether oxygens (including phenoxy) is 1. The van der Waals surface area contributed by atoms with Crippen LogP contribution < -0.4 is 0 Å². The molecule has 1 atom stereocenters. The Bertz CT molecular complexity index is 311. The zero-order valence-electron chi connectivity index (χ0n) is 9.80. The number of rotatable bonds is 5. The quantitative estimate of drug-likeness (QED) is 0.547. The van der Waals surface area contributed by atoms with Gasteiger partial charge in [0, 0.05) is 18.8 Å². The van der Waals surface area contributed by atoms with Crippen molar-refractivity contribution in [3.63, 3.8) is 0 Å². The summed E-state index contributed by atoms with van der Waals surface area (Å²) in [5.41, 5.74) is 0. The molecule has 2 rings (SSSR count). The van der Waals surface area contributed by atoms with Crippen LogP contribution in [-0.4, -0.2) is 66.3 Å². The highest BCUT2D eigenvalue weighted by molar-refractivity contribution is 7.80. The lowest BCUT2D eigenvalue weighted by Crippen LogP contribution is -2.57. The van der Waals surface area contributed by atoms with E-state index in [0.717, 1.165) is 19.4 Å². The van der Waals surface area contributed by atoms with Crippen LogP contribution >= 0.6 is 12.6 Å². The summed E-state index contributed by atoms with van der Waals surface area (Å²) in [5, 5.41) is 0. The molecule has 1 unspecified atom stereocenters. The minimum Gasteiger partial charge on any atom is -0.379 e. The number of thiol groups is 1. The lowest BCUT2D eigenvalue weighted by atomic mass is 10.1. The number of carbonyl (C=O) groups excluding carboxylic acids is 2. The highest BCUT2D eigenvalue weighted by Gasteiger charge is 2.41. The SMILES string of the molecule is O=C1C2CCCN2C(=O)CN1CCOCCS. The van der Waals surface area contributed by atoms with Crippen LogP contribution in [0, 0.1) is 0 Å². The molecule has 0 N–H and O–H groups in total. The maximum Gasteiger partial charge on any atom is 0.245 e. The lowest BCUT2D eigenvalue weighted by Gasteiger charge is -2.36. The molecule has 17 heavy (non-hydrogen) atoms. The predicted molar refractivity (Wildman–Crippen MR) is 66.0 cm³/mol. The smallest absolute Gasteiger partial charge is 0.245 e. The van der Waals surface area contributed by atoms with Crippen molar-refractivity contribution in [2.75, 3.05) is 38.6 Å². The van der Waals surface area contributed by atoms with Crippen LogP contribution in [0.5, 0.6) is 0 Å². The third-order valence-corrected chi connectivity index (χ3v) is 3.42. The van der Waals surface area contributed by atoms with E-state index >= 15 is 0 Å². The van der Waals surface area contributed by atoms with Crippen molar-refractivity contribution in [1.29, 1.82) is 0 Å². The van der Waals surface area contributed by atoms with Crippen molar-refractivity contribution in [3.05, 3.63) is 0 Å². The van der Waals surface area contributed by atoms with Gasteiger partial charge in [-0.1, -0.05) is 0 Å². The van der Waals surface area contributed by atoms with E-state index in [4.69, 9.17) is 4.74 Å². The van der Waals surface area contributed by atoms with Gasteiger partial charge in [0.1, 0.15) is 6.04 Å². The minimum absolute atomic E-state index is 0.0706. The van der Waals surface area contributed by atoms with Crippen molar-refractivity contribution >= 4 is 24.4 Å². The zero-order valence-corrected chi connectivity index (χ0v) is 10.7. The summed E-state index contributed by atoms with van der Waals surface area (Å²) in [6.45, 7) is 2.50. The largest absolute Gasteiger partial charge is 0.379 e. The first-order valence-electron chi connectivity index (χ1n) is 6.01. The fourth-order valence-corrected chi connectivity index (χ4v) is 2.52. The maximum absolute atomic E-state index is 12.1. The van der Waals surface area contributed by atoms with E-state index in [1.165, 1.54) is 0 Å². The van der Waals surface area contributed by atoms with E-state index in [2.05, 4.69) is 12.6 Å². The maximum atomic E-state index is 12.1. The number of nitrogens with zero attached hydrogens (tertiary/aromatic N) is 2. The normalized spacial score (nSPS) is 24.4. The van der Waals surface area contributed by atoms with Gasteiger partial charge in [-0.2, -0.15) is 12.6 Å². The van der Waals surface area contributed by atoms with Crippen molar-refractivity contribution in [2.24, 2.45) is 0 Å². The summed E-state index contributed by atoms with van der Waals surface area (Å²) in [4.78, 5) is 27.2. The Kier molecular flexibility index (Phi) is 4.28. The molecule has 0 bridgehead atoms. The van der Waals surface area contributed by atoms with Crippen LogP contribution in [0.1, 0.15) is 12.8 Å². The Morgan fingerprint density at radius 1 is 1.35 bits per heavy atom. The molecular weight excluding hydrogens is 240 g/mol. The number of hydrogen-bond donors (Lipinski definition) is 1. The van der Waals surface area contributed by atoms with Crippen molar-refractivity contribution < 1.29 is 14.3 Å². The average molecular weight is 258 g/mol. The predicted octanol–water partition coefficient (Wildman–Crippen LogP) is -0.234. The molecule has 2 aliphatic rings. The Morgan fingerprint density at radius 2 is 2.18 bits per heavy atom.